The molecule has 2 amide bonds. The van der Waals surface area contributed by atoms with E-state index in [9.17, 15) is 18.0 Å². The van der Waals surface area contributed by atoms with E-state index in [1.807, 2.05) is 55.5 Å². The minimum Gasteiger partial charge on any atom is -0.492 e. The molecule has 5 rings (SSSR count). The summed E-state index contributed by atoms with van der Waals surface area (Å²) in [5.41, 5.74) is 2.29. The predicted molar refractivity (Wildman–Crippen MR) is 163 cm³/mol. The summed E-state index contributed by atoms with van der Waals surface area (Å²) < 4.78 is 34.6. The molecular formula is C31H38N4O6S. The Kier molecular flexibility index (Phi) is 9.61. The van der Waals surface area contributed by atoms with Crippen LogP contribution >= 0.6 is 0 Å². The molecule has 0 unspecified atom stereocenters. The van der Waals surface area contributed by atoms with Crippen LogP contribution in [-0.2, 0) is 21.1 Å². The molecule has 0 radical (unpaired) electrons. The molecule has 224 valence electrons. The van der Waals surface area contributed by atoms with Crippen molar-refractivity contribution in [3.63, 3.8) is 0 Å². The van der Waals surface area contributed by atoms with E-state index in [1.54, 1.807) is 17.0 Å². The van der Waals surface area contributed by atoms with Gasteiger partial charge in [-0.1, -0.05) is 36.4 Å². The lowest BCUT2D eigenvalue weighted by atomic mass is 10.1. The third kappa shape index (κ3) is 7.58. The number of nitrogens with one attached hydrogen (secondary N) is 1. The van der Waals surface area contributed by atoms with E-state index in [0.717, 1.165) is 41.7 Å². The normalized spacial score (nSPS) is 17.6. The number of hydrogen-bond acceptors (Lipinski definition) is 8. The maximum atomic E-state index is 13.1. The van der Waals surface area contributed by atoms with Crippen LogP contribution in [0.15, 0.2) is 60.7 Å². The lowest BCUT2D eigenvalue weighted by Crippen LogP contribution is -2.49. The van der Waals surface area contributed by atoms with Crippen molar-refractivity contribution in [1.82, 2.24) is 14.7 Å². The Balaban J connectivity index is 1.15. The molecule has 2 aliphatic rings. The summed E-state index contributed by atoms with van der Waals surface area (Å²) >= 11 is 0. The molecule has 2 fully saturated rings. The molecule has 42 heavy (non-hydrogen) atoms. The lowest BCUT2D eigenvalue weighted by Gasteiger charge is -2.33. The van der Waals surface area contributed by atoms with E-state index in [-0.39, 0.29) is 23.5 Å². The number of hydrogen-bond donors (Lipinski definition) is 1. The first kappa shape index (κ1) is 29.8. The molecule has 1 N–H and O–H groups in total. The van der Waals surface area contributed by atoms with Crippen LogP contribution in [-0.4, -0.2) is 106 Å². The van der Waals surface area contributed by atoms with Crippen molar-refractivity contribution in [2.24, 2.45) is 0 Å². The van der Waals surface area contributed by atoms with Gasteiger partial charge in [0.15, 0.2) is 9.84 Å². The van der Waals surface area contributed by atoms with Gasteiger partial charge in [0.1, 0.15) is 12.4 Å². The van der Waals surface area contributed by atoms with Crippen molar-refractivity contribution in [3.05, 3.63) is 71.8 Å². The van der Waals surface area contributed by atoms with Gasteiger partial charge < -0.3 is 19.7 Å². The fourth-order valence-corrected chi connectivity index (χ4v) is 6.56. The topological polar surface area (TPSA) is 108 Å². The zero-order valence-corrected chi connectivity index (χ0v) is 24.8. The van der Waals surface area contributed by atoms with Crippen molar-refractivity contribution in [1.29, 1.82) is 0 Å². The van der Waals surface area contributed by atoms with Crippen molar-refractivity contribution in [2.45, 2.75) is 13.5 Å². The van der Waals surface area contributed by atoms with Crippen LogP contribution in [0.2, 0.25) is 0 Å². The van der Waals surface area contributed by atoms with Crippen LogP contribution in [0, 0.1) is 0 Å². The van der Waals surface area contributed by atoms with Gasteiger partial charge in [-0.05, 0) is 36.8 Å². The number of benzene rings is 3. The van der Waals surface area contributed by atoms with E-state index in [4.69, 9.17) is 9.47 Å². The van der Waals surface area contributed by atoms with Gasteiger partial charge in [0.05, 0.1) is 18.1 Å². The zero-order chi connectivity index (χ0) is 29.5. The summed E-state index contributed by atoms with van der Waals surface area (Å²) in [6.07, 6.45) is -0.252. The highest BCUT2D eigenvalue weighted by molar-refractivity contribution is 7.91. The first-order valence-corrected chi connectivity index (χ1v) is 16.2. The molecule has 0 aromatic heterocycles. The maximum absolute atomic E-state index is 13.1. The smallest absolute Gasteiger partial charge is 0.409 e. The number of nitrogens with zero attached hydrogens (tertiary/aromatic N) is 3. The van der Waals surface area contributed by atoms with E-state index in [1.165, 1.54) is 0 Å². The molecule has 0 bridgehead atoms. The van der Waals surface area contributed by atoms with Crippen molar-refractivity contribution in [2.75, 3.05) is 75.8 Å². The Morgan fingerprint density at radius 3 is 2.21 bits per heavy atom. The molecule has 2 saturated heterocycles. The molecule has 0 atom stereocenters. The first-order valence-electron chi connectivity index (χ1n) is 14.4. The van der Waals surface area contributed by atoms with Crippen molar-refractivity contribution < 1.29 is 27.5 Å². The van der Waals surface area contributed by atoms with Crippen molar-refractivity contribution in [3.8, 4) is 5.75 Å². The summed E-state index contributed by atoms with van der Waals surface area (Å²) in [5, 5.41) is 4.86. The highest BCUT2D eigenvalue weighted by Crippen LogP contribution is 2.32. The van der Waals surface area contributed by atoms with Crippen LogP contribution in [0.4, 0.5) is 10.5 Å². The molecular weight excluding hydrogens is 556 g/mol. The van der Waals surface area contributed by atoms with Gasteiger partial charge in [-0.2, -0.15) is 0 Å². The summed E-state index contributed by atoms with van der Waals surface area (Å²) in [6.45, 7) is 8.01. The molecule has 3 aromatic rings. The largest absolute Gasteiger partial charge is 0.492 e. The highest BCUT2D eigenvalue weighted by Gasteiger charge is 2.23. The molecule has 11 heteroatoms. The Hall–Kier alpha value is -3.67. The van der Waals surface area contributed by atoms with E-state index in [0.29, 0.717) is 57.2 Å². The van der Waals surface area contributed by atoms with E-state index < -0.39 is 9.84 Å². The summed E-state index contributed by atoms with van der Waals surface area (Å²) in [4.78, 5) is 31.2. The fraction of sp³-hybridized carbons (Fsp3) is 0.419. The third-order valence-electron chi connectivity index (χ3n) is 7.75. The van der Waals surface area contributed by atoms with Crippen LogP contribution in [0.1, 0.15) is 22.8 Å². The number of carbonyl (C=O) groups is 2. The number of piperazine rings is 1. The minimum atomic E-state index is -2.91. The molecule has 2 aliphatic heterocycles. The van der Waals surface area contributed by atoms with Crippen LogP contribution in [0.25, 0.3) is 10.8 Å². The second-order valence-corrected chi connectivity index (χ2v) is 12.9. The number of ether oxygens (including phenoxy) is 2. The number of fused-ring (bicyclic) bond motifs is 1. The second-order valence-electron chi connectivity index (χ2n) is 10.6. The Labute approximate surface area is 247 Å². The lowest BCUT2D eigenvalue weighted by molar-refractivity contribution is 0.0758. The number of carbonyl (C=O) groups excluding carboxylic acids is 2. The number of amides is 2. The van der Waals surface area contributed by atoms with Gasteiger partial charge in [0.2, 0.25) is 0 Å². The van der Waals surface area contributed by atoms with Gasteiger partial charge in [0.25, 0.3) is 5.91 Å². The molecule has 0 saturated carbocycles. The maximum Gasteiger partial charge on any atom is 0.409 e. The van der Waals surface area contributed by atoms with E-state index >= 15 is 0 Å². The standard InChI is InChI=1S/C31H38N4O6S/c1-2-40-31(37)35-15-13-33(14-16-35)17-20-41-29-12-11-28(26-5-3-4-6-27(26)29)32-30(36)25-9-7-24(8-10-25)23-34-18-21-42(38,39)22-19-34/h3-12H,2,13-23H2,1H3,(H,32,36). The van der Waals surface area contributed by atoms with Gasteiger partial charge in [-0.15, -0.1) is 0 Å². The van der Waals surface area contributed by atoms with Gasteiger partial charge >= 0.3 is 6.09 Å². The highest BCUT2D eigenvalue weighted by atomic mass is 32.2. The molecule has 2 heterocycles. The van der Waals surface area contributed by atoms with Crippen LogP contribution < -0.4 is 10.1 Å². The SMILES string of the molecule is CCOC(=O)N1CCN(CCOc2ccc(NC(=O)c3ccc(CN4CCS(=O)(=O)CC4)cc3)c3ccccc23)CC1. The monoisotopic (exact) mass is 594 g/mol. The molecule has 3 aromatic carbocycles. The van der Waals surface area contributed by atoms with Gasteiger partial charge in [-0.25, -0.2) is 13.2 Å². The number of rotatable bonds is 9. The summed E-state index contributed by atoms with van der Waals surface area (Å²) in [5.74, 6) is 0.942. The average molecular weight is 595 g/mol. The van der Waals surface area contributed by atoms with Crippen LogP contribution in [0.5, 0.6) is 5.75 Å². The number of anilines is 1. The van der Waals surface area contributed by atoms with Crippen LogP contribution in [0.3, 0.4) is 0 Å². The summed E-state index contributed by atoms with van der Waals surface area (Å²) in [6, 6.07) is 19.0. The Bertz CT molecular complexity index is 1490. The third-order valence-corrected chi connectivity index (χ3v) is 9.36. The molecule has 0 spiro atoms. The van der Waals surface area contributed by atoms with Gasteiger partial charge in [-0.3, -0.25) is 14.6 Å². The van der Waals surface area contributed by atoms with E-state index in [2.05, 4.69) is 15.1 Å². The fourth-order valence-electron chi connectivity index (χ4n) is 5.28. The first-order chi connectivity index (χ1) is 20.3. The quantitative estimate of drug-likeness (QED) is 0.401. The minimum absolute atomic E-state index is 0.196. The van der Waals surface area contributed by atoms with Gasteiger partial charge in [0, 0.05) is 74.4 Å². The average Bonchev–Trinajstić information content (AvgIpc) is 3.00. The second kappa shape index (κ2) is 13.5. The Morgan fingerprint density at radius 1 is 0.833 bits per heavy atom. The zero-order valence-electron chi connectivity index (χ0n) is 24.0. The molecule has 0 aliphatic carbocycles. The molecule has 10 nitrogen and oxygen atoms in total. The summed E-state index contributed by atoms with van der Waals surface area (Å²) in [7, 11) is -2.91. The Morgan fingerprint density at radius 2 is 1.52 bits per heavy atom. The van der Waals surface area contributed by atoms with Crippen molar-refractivity contribution >= 4 is 38.3 Å². The predicted octanol–water partition coefficient (Wildman–Crippen LogP) is 3.48. The number of sulfone groups is 1.